The molecule has 3 aromatic carbocycles. The standard InChI is InChI=1S/C27H20N2OS/c30-27-21-13-5-4-12-20(21)26(29(27)17-19-11-8-16-31-19)24-22-14-6-7-15-23(22)28-25(24)18-9-2-1-3-10-18/h1-16,26,28H,17H2. The van der Waals surface area contributed by atoms with Crippen LogP contribution >= 0.6 is 11.3 Å². The Labute approximate surface area is 184 Å². The number of fused-ring (bicyclic) bond motifs is 2. The summed E-state index contributed by atoms with van der Waals surface area (Å²) in [7, 11) is 0. The third-order valence-corrected chi connectivity index (χ3v) is 6.91. The van der Waals surface area contributed by atoms with Crippen LogP contribution in [-0.2, 0) is 6.54 Å². The monoisotopic (exact) mass is 420 g/mol. The molecule has 5 aromatic rings. The number of nitrogens with zero attached hydrogens (tertiary/aromatic N) is 1. The zero-order valence-corrected chi connectivity index (χ0v) is 17.6. The molecule has 0 saturated heterocycles. The minimum Gasteiger partial charge on any atom is -0.354 e. The van der Waals surface area contributed by atoms with Crippen molar-refractivity contribution in [2.45, 2.75) is 12.6 Å². The van der Waals surface area contributed by atoms with Crippen LogP contribution in [0.3, 0.4) is 0 Å². The van der Waals surface area contributed by atoms with Gasteiger partial charge in [0.25, 0.3) is 5.91 Å². The number of H-pyrrole nitrogens is 1. The van der Waals surface area contributed by atoms with Gasteiger partial charge in [-0.05, 0) is 34.7 Å². The van der Waals surface area contributed by atoms with Crippen LogP contribution in [0.2, 0.25) is 0 Å². The second-order valence-electron chi connectivity index (χ2n) is 7.83. The third-order valence-electron chi connectivity index (χ3n) is 6.05. The molecule has 0 aliphatic carbocycles. The van der Waals surface area contributed by atoms with Gasteiger partial charge in [-0.15, -0.1) is 11.3 Å². The van der Waals surface area contributed by atoms with Gasteiger partial charge in [-0.1, -0.05) is 72.8 Å². The van der Waals surface area contributed by atoms with E-state index in [0.29, 0.717) is 6.54 Å². The number of para-hydroxylation sites is 1. The maximum Gasteiger partial charge on any atom is 0.255 e. The SMILES string of the molecule is O=C1c2ccccc2C(c2c(-c3ccccc3)[nH]c3ccccc23)N1Cc1cccs1. The summed E-state index contributed by atoms with van der Waals surface area (Å²) in [4.78, 5) is 20.4. The van der Waals surface area contributed by atoms with Crippen molar-refractivity contribution >= 4 is 28.1 Å². The predicted molar refractivity (Wildman–Crippen MR) is 126 cm³/mol. The first-order chi connectivity index (χ1) is 15.3. The highest BCUT2D eigenvalue weighted by Crippen LogP contribution is 2.46. The van der Waals surface area contributed by atoms with Gasteiger partial charge in [-0.3, -0.25) is 4.79 Å². The number of carbonyl (C=O) groups excluding carboxylic acids is 1. The molecule has 0 fully saturated rings. The second kappa shape index (κ2) is 7.25. The van der Waals surface area contributed by atoms with Gasteiger partial charge in [0, 0.05) is 26.9 Å². The van der Waals surface area contributed by atoms with E-state index < -0.39 is 0 Å². The van der Waals surface area contributed by atoms with Crippen LogP contribution in [0.25, 0.3) is 22.2 Å². The Morgan fingerprint density at radius 3 is 2.45 bits per heavy atom. The van der Waals surface area contributed by atoms with Gasteiger partial charge in [0.2, 0.25) is 0 Å². The lowest BCUT2D eigenvalue weighted by Crippen LogP contribution is -2.28. The maximum absolute atomic E-state index is 13.5. The fourth-order valence-corrected chi connectivity index (χ4v) is 5.40. The number of nitrogens with one attached hydrogen (secondary N) is 1. The zero-order chi connectivity index (χ0) is 20.8. The highest BCUT2D eigenvalue weighted by Gasteiger charge is 2.40. The zero-order valence-electron chi connectivity index (χ0n) is 16.8. The van der Waals surface area contributed by atoms with Crippen molar-refractivity contribution in [2.75, 3.05) is 0 Å². The van der Waals surface area contributed by atoms with Gasteiger partial charge < -0.3 is 9.88 Å². The molecule has 0 radical (unpaired) electrons. The quantitative estimate of drug-likeness (QED) is 0.347. The Morgan fingerprint density at radius 1 is 0.839 bits per heavy atom. The molecule has 1 amide bonds. The van der Waals surface area contributed by atoms with E-state index in [1.165, 1.54) is 4.88 Å². The number of aromatic amines is 1. The molecule has 0 bridgehead atoms. The number of aromatic nitrogens is 1. The van der Waals surface area contributed by atoms with E-state index in [1.54, 1.807) is 11.3 Å². The van der Waals surface area contributed by atoms with E-state index in [9.17, 15) is 4.79 Å². The molecule has 150 valence electrons. The molecule has 3 heterocycles. The Hall–Kier alpha value is -3.63. The first kappa shape index (κ1) is 18.2. The van der Waals surface area contributed by atoms with Crippen molar-refractivity contribution < 1.29 is 4.79 Å². The summed E-state index contributed by atoms with van der Waals surface area (Å²) >= 11 is 1.69. The summed E-state index contributed by atoms with van der Waals surface area (Å²) in [6, 6.07) is 30.8. The molecule has 1 aliphatic heterocycles. The smallest absolute Gasteiger partial charge is 0.255 e. The van der Waals surface area contributed by atoms with Crippen LogP contribution in [0, 0.1) is 0 Å². The van der Waals surface area contributed by atoms with E-state index in [0.717, 1.165) is 38.9 Å². The van der Waals surface area contributed by atoms with Gasteiger partial charge in [0.05, 0.1) is 18.3 Å². The Morgan fingerprint density at radius 2 is 1.61 bits per heavy atom. The lowest BCUT2D eigenvalue weighted by atomic mass is 9.93. The van der Waals surface area contributed by atoms with Crippen LogP contribution in [0.5, 0.6) is 0 Å². The van der Waals surface area contributed by atoms with Crippen LogP contribution in [0.15, 0.2) is 96.4 Å². The van der Waals surface area contributed by atoms with Crippen molar-refractivity contribution in [1.82, 2.24) is 9.88 Å². The number of hydrogen-bond donors (Lipinski definition) is 1. The number of amides is 1. The molecule has 1 N–H and O–H groups in total. The van der Waals surface area contributed by atoms with E-state index in [4.69, 9.17) is 0 Å². The highest BCUT2D eigenvalue weighted by molar-refractivity contribution is 7.09. The number of thiophene rings is 1. The van der Waals surface area contributed by atoms with Gasteiger partial charge in [-0.25, -0.2) is 0 Å². The summed E-state index contributed by atoms with van der Waals surface area (Å²) in [5.74, 6) is 0.0956. The molecule has 1 unspecified atom stereocenters. The van der Waals surface area contributed by atoms with Crippen molar-refractivity contribution in [3.05, 3.63) is 118 Å². The summed E-state index contributed by atoms with van der Waals surface area (Å²) in [6.07, 6.45) is 0. The fourth-order valence-electron chi connectivity index (χ4n) is 4.70. The van der Waals surface area contributed by atoms with Crippen molar-refractivity contribution in [3.63, 3.8) is 0 Å². The highest BCUT2D eigenvalue weighted by atomic mass is 32.1. The molecule has 0 spiro atoms. The molecular formula is C27H20N2OS. The lowest BCUT2D eigenvalue weighted by Gasteiger charge is -2.26. The van der Waals surface area contributed by atoms with Crippen LogP contribution < -0.4 is 0 Å². The number of rotatable bonds is 4. The molecule has 0 saturated carbocycles. The van der Waals surface area contributed by atoms with Crippen LogP contribution in [-0.4, -0.2) is 15.8 Å². The number of carbonyl (C=O) groups is 1. The number of hydrogen-bond acceptors (Lipinski definition) is 2. The van der Waals surface area contributed by atoms with Gasteiger partial charge in [-0.2, -0.15) is 0 Å². The second-order valence-corrected chi connectivity index (χ2v) is 8.86. The molecule has 1 atom stereocenters. The summed E-state index contributed by atoms with van der Waals surface area (Å²) in [6.45, 7) is 0.601. The molecule has 2 aromatic heterocycles. The Balaban J connectivity index is 1.62. The van der Waals surface area contributed by atoms with E-state index in [2.05, 4.69) is 71.0 Å². The van der Waals surface area contributed by atoms with E-state index >= 15 is 0 Å². The van der Waals surface area contributed by atoms with Gasteiger partial charge in [0.15, 0.2) is 0 Å². The normalized spacial score (nSPS) is 15.5. The van der Waals surface area contributed by atoms with Crippen LogP contribution in [0.1, 0.15) is 32.4 Å². The molecule has 3 nitrogen and oxygen atoms in total. The third kappa shape index (κ3) is 2.91. The van der Waals surface area contributed by atoms with Gasteiger partial charge in [0.1, 0.15) is 0 Å². The molecule has 4 heteroatoms. The van der Waals surface area contributed by atoms with Crippen LogP contribution in [0.4, 0.5) is 0 Å². The van der Waals surface area contributed by atoms with E-state index in [1.807, 2.05) is 35.2 Å². The fraction of sp³-hybridized carbons (Fsp3) is 0.0741. The predicted octanol–water partition coefficient (Wildman–Crippen LogP) is 6.64. The molecule has 6 rings (SSSR count). The molecular weight excluding hydrogens is 400 g/mol. The van der Waals surface area contributed by atoms with Crippen molar-refractivity contribution in [3.8, 4) is 11.3 Å². The minimum absolute atomic E-state index is 0.0956. The summed E-state index contributed by atoms with van der Waals surface area (Å²) < 4.78 is 0. The van der Waals surface area contributed by atoms with E-state index in [-0.39, 0.29) is 11.9 Å². The molecule has 1 aliphatic rings. The maximum atomic E-state index is 13.5. The minimum atomic E-state index is -0.142. The average Bonchev–Trinajstić information content (AvgIpc) is 3.53. The first-order valence-electron chi connectivity index (χ1n) is 10.4. The Kier molecular flexibility index (Phi) is 4.25. The topological polar surface area (TPSA) is 36.1 Å². The van der Waals surface area contributed by atoms with Crippen molar-refractivity contribution in [1.29, 1.82) is 0 Å². The number of benzene rings is 3. The Bertz CT molecular complexity index is 1390. The summed E-state index contributed by atoms with van der Waals surface area (Å²) in [5.41, 5.74) is 6.33. The molecule has 31 heavy (non-hydrogen) atoms. The first-order valence-corrected chi connectivity index (χ1v) is 11.3. The average molecular weight is 421 g/mol. The van der Waals surface area contributed by atoms with Gasteiger partial charge >= 0.3 is 0 Å². The van der Waals surface area contributed by atoms with Crippen molar-refractivity contribution in [2.24, 2.45) is 0 Å². The summed E-state index contributed by atoms with van der Waals surface area (Å²) in [5, 5.41) is 3.23. The lowest BCUT2D eigenvalue weighted by molar-refractivity contribution is 0.0739. The largest absolute Gasteiger partial charge is 0.354 e.